The van der Waals surface area contributed by atoms with Gasteiger partial charge in [-0.3, -0.25) is 4.79 Å². The number of nitrogen functional groups attached to an aromatic ring is 1. The van der Waals surface area contributed by atoms with Gasteiger partial charge in [-0.2, -0.15) is 0 Å². The van der Waals surface area contributed by atoms with Crippen molar-refractivity contribution in [1.82, 2.24) is 0 Å². The van der Waals surface area contributed by atoms with Gasteiger partial charge in [-0.05, 0) is 30.3 Å². The first kappa shape index (κ1) is 21.1. The number of amides is 1. The molecule has 0 aliphatic heterocycles. The van der Waals surface area contributed by atoms with E-state index >= 15 is 0 Å². The molecule has 0 aromatic heterocycles. The van der Waals surface area contributed by atoms with E-state index in [4.69, 9.17) is 26.8 Å². The molecule has 3 aromatic carbocycles. The molecule has 0 heterocycles. The lowest BCUT2D eigenvalue weighted by atomic mass is 10.1. The number of carbonyl (C=O) groups is 2. The van der Waals surface area contributed by atoms with Gasteiger partial charge in [0.05, 0.1) is 17.8 Å². The Hall–Kier alpha value is -3.58. The number of nitrogens with two attached hydrogens (primary N) is 1. The molecule has 30 heavy (non-hydrogen) atoms. The molecule has 0 bridgehead atoms. The number of halogens is 2. The highest BCUT2D eigenvalue weighted by Crippen LogP contribution is 2.31. The minimum Gasteiger partial charge on any atom is -0.496 e. The lowest BCUT2D eigenvalue weighted by Gasteiger charge is -2.19. The Morgan fingerprint density at radius 1 is 1.07 bits per heavy atom. The van der Waals surface area contributed by atoms with E-state index in [1.807, 2.05) is 0 Å². The van der Waals surface area contributed by atoms with Crippen molar-refractivity contribution in [2.75, 3.05) is 18.2 Å². The fourth-order valence-corrected chi connectivity index (χ4v) is 2.87. The van der Waals surface area contributed by atoms with E-state index in [1.165, 1.54) is 43.5 Å². The van der Waals surface area contributed by atoms with Gasteiger partial charge in [0.1, 0.15) is 17.1 Å². The van der Waals surface area contributed by atoms with Gasteiger partial charge in [0.15, 0.2) is 0 Å². The third-order valence-corrected chi connectivity index (χ3v) is 4.54. The predicted molar refractivity (Wildman–Crippen MR) is 112 cm³/mol. The third-order valence-electron chi connectivity index (χ3n) is 4.22. The maximum atomic E-state index is 13.1. The van der Waals surface area contributed by atoms with Crippen LogP contribution in [0.4, 0.5) is 15.8 Å². The van der Waals surface area contributed by atoms with Gasteiger partial charge in [0, 0.05) is 17.3 Å². The summed E-state index contributed by atoms with van der Waals surface area (Å²) in [5, 5.41) is 2.76. The van der Waals surface area contributed by atoms with Crippen LogP contribution in [0.3, 0.4) is 0 Å². The van der Waals surface area contributed by atoms with Gasteiger partial charge in [-0.1, -0.05) is 41.9 Å². The molecule has 1 atom stereocenters. The van der Waals surface area contributed by atoms with Crippen LogP contribution in [-0.4, -0.2) is 19.0 Å². The van der Waals surface area contributed by atoms with Crippen molar-refractivity contribution in [3.8, 4) is 5.75 Å². The minimum absolute atomic E-state index is 0.0206. The average molecular weight is 429 g/mol. The number of nitrogens with one attached hydrogen (secondary N) is 1. The van der Waals surface area contributed by atoms with Gasteiger partial charge in [-0.15, -0.1) is 0 Å². The van der Waals surface area contributed by atoms with Crippen LogP contribution in [0.2, 0.25) is 5.02 Å². The molecular weight excluding hydrogens is 411 g/mol. The smallest absolute Gasteiger partial charge is 0.343 e. The van der Waals surface area contributed by atoms with Gasteiger partial charge in [0.2, 0.25) is 6.10 Å². The summed E-state index contributed by atoms with van der Waals surface area (Å²) in [7, 11) is 1.37. The molecule has 0 aliphatic carbocycles. The minimum atomic E-state index is -1.27. The van der Waals surface area contributed by atoms with Crippen LogP contribution in [0.5, 0.6) is 5.75 Å². The van der Waals surface area contributed by atoms with Crippen LogP contribution < -0.4 is 15.8 Å². The molecule has 6 nitrogen and oxygen atoms in total. The van der Waals surface area contributed by atoms with E-state index in [-0.39, 0.29) is 22.0 Å². The lowest BCUT2D eigenvalue weighted by molar-refractivity contribution is -0.125. The molecule has 0 spiro atoms. The molecule has 3 aromatic rings. The van der Waals surface area contributed by atoms with Crippen LogP contribution >= 0.6 is 11.6 Å². The number of hydrogen-bond donors (Lipinski definition) is 2. The molecular formula is C22H18ClFN2O4. The first-order valence-corrected chi connectivity index (χ1v) is 9.22. The van der Waals surface area contributed by atoms with E-state index < -0.39 is 23.8 Å². The largest absolute Gasteiger partial charge is 0.496 e. The summed E-state index contributed by atoms with van der Waals surface area (Å²) in [5.74, 6) is -1.71. The highest BCUT2D eigenvalue weighted by molar-refractivity contribution is 6.33. The quantitative estimate of drug-likeness (QED) is 0.442. The predicted octanol–water partition coefficient (Wildman–Crippen LogP) is 4.61. The second-order valence-corrected chi connectivity index (χ2v) is 6.67. The molecule has 0 radical (unpaired) electrons. The van der Waals surface area contributed by atoms with E-state index in [0.717, 1.165) is 0 Å². The summed E-state index contributed by atoms with van der Waals surface area (Å²) in [6.07, 6.45) is -1.27. The van der Waals surface area contributed by atoms with Crippen molar-refractivity contribution >= 4 is 34.9 Å². The van der Waals surface area contributed by atoms with Crippen LogP contribution in [0, 0.1) is 5.82 Å². The van der Waals surface area contributed by atoms with E-state index in [1.54, 1.807) is 30.3 Å². The monoisotopic (exact) mass is 428 g/mol. The summed E-state index contributed by atoms with van der Waals surface area (Å²) < 4.78 is 23.8. The van der Waals surface area contributed by atoms with E-state index in [0.29, 0.717) is 11.3 Å². The Bertz CT molecular complexity index is 1060. The molecule has 8 heteroatoms. The molecule has 3 rings (SSSR count). The van der Waals surface area contributed by atoms with Crippen molar-refractivity contribution in [2.45, 2.75) is 6.10 Å². The van der Waals surface area contributed by atoms with Crippen LogP contribution in [0.25, 0.3) is 0 Å². The fourth-order valence-electron chi connectivity index (χ4n) is 2.71. The Morgan fingerprint density at radius 2 is 1.73 bits per heavy atom. The Morgan fingerprint density at radius 3 is 2.37 bits per heavy atom. The normalized spacial score (nSPS) is 11.4. The van der Waals surface area contributed by atoms with Crippen LogP contribution in [0.15, 0.2) is 66.7 Å². The molecule has 0 fully saturated rings. The van der Waals surface area contributed by atoms with Crippen molar-refractivity contribution in [3.63, 3.8) is 0 Å². The zero-order chi connectivity index (χ0) is 21.7. The molecule has 0 saturated heterocycles. The first-order chi connectivity index (χ1) is 14.4. The maximum Gasteiger partial charge on any atom is 0.343 e. The Balaban J connectivity index is 1.90. The summed E-state index contributed by atoms with van der Waals surface area (Å²) >= 11 is 6.02. The SMILES string of the molecule is COc1cc(N)c(Cl)cc1C(=O)OC(C(=O)Nc1ccc(F)cc1)c1ccccc1. The standard InChI is InChI=1S/C22H18ClFN2O4/c1-29-19-12-18(25)17(23)11-16(19)22(28)30-20(13-5-3-2-4-6-13)21(27)26-15-9-7-14(24)8-10-15/h2-12,20H,25H2,1H3,(H,26,27). The number of methoxy groups -OCH3 is 1. The summed E-state index contributed by atoms with van der Waals surface area (Å²) in [6.45, 7) is 0. The topological polar surface area (TPSA) is 90.7 Å². The molecule has 0 saturated carbocycles. The number of ether oxygens (including phenoxy) is 2. The second-order valence-electron chi connectivity index (χ2n) is 6.27. The first-order valence-electron chi connectivity index (χ1n) is 8.84. The number of esters is 1. The number of rotatable bonds is 6. The van der Waals surface area contributed by atoms with Crippen molar-refractivity contribution in [3.05, 3.63) is 88.7 Å². The van der Waals surface area contributed by atoms with Crippen molar-refractivity contribution < 1.29 is 23.5 Å². The van der Waals surface area contributed by atoms with Crippen LogP contribution in [-0.2, 0) is 9.53 Å². The average Bonchev–Trinajstić information content (AvgIpc) is 2.75. The van der Waals surface area contributed by atoms with Crippen molar-refractivity contribution in [2.24, 2.45) is 0 Å². The van der Waals surface area contributed by atoms with Crippen molar-refractivity contribution in [1.29, 1.82) is 0 Å². The Kier molecular flexibility index (Phi) is 6.54. The third kappa shape index (κ3) is 4.87. The zero-order valence-electron chi connectivity index (χ0n) is 15.9. The molecule has 3 N–H and O–H groups in total. The highest BCUT2D eigenvalue weighted by Gasteiger charge is 2.27. The second kappa shape index (κ2) is 9.28. The lowest BCUT2D eigenvalue weighted by Crippen LogP contribution is -2.26. The fraction of sp³-hybridized carbons (Fsp3) is 0.0909. The van der Waals surface area contributed by atoms with Crippen LogP contribution in [0.1, 0.15) is 22.0 Å². The van der Waals surface area contributed by atoms with Gasteiger partial charge < -0.3 is 20.5 Å². The summed E-state index contributed by atoms with van der Waals surface area (Å²) in [5.41, 5.74) is 6.81. The van der Waals surface area contributed by atoms with Gasteiger partial charge in [0.25, 0.3) is 5.91 Å². The molecule has 1 unspecified atom stereocenters. The Labute approximate surface area is 177 Å². The van der Waals surface area contributed by atoms with E-state index in [9.17, 15) is 14.0 Å². The highest BCUT2D eigenvalue weighted by atomic mass is 35.5. The molecule has 154 valence electrons. The van der Waals surface area contributed by atoms with Gasteiger partial charge >= 0.3 is 5.97 Å². The number of hydrogen-bond acceptors (Lipinski definition) is 5. The number of anilines is 2. The zero-order valence-corrected chi connectivity index (χ0v) is 16.7. The molecule has 0 aliphatic rings. The maximum absolute atomic E-state index is 13.1. The summed E-state index contributed by atoms with van der Waals surface area (Å²) in [6, 6.07) is 16.4. The number of benzene rings is 3. The van der Waals surface area contributed by atoms with E-state index in [2.05, 4.69) is 5.32 Å². The number of carbonyl (C=O) groups excluding carboxylic acids is 2. The van der Waals surface area contributed by atoms with Gasteiger partial charge in [-0.25, -0.2) is 9.18 Å². The summed E-state index contributed by atoms with van der Waals surface area (Å²) in [4.78, 5) is 25.7. The molecule has 1 amide bonds.